The molecule has 2 rings (SSSR count). The SMILES string of the molecule is CCN(CC)CCSCCNc1cc(OC)cc2cccnc12. The van der Waals surface area contributed by atoms with Gasteiger partial charge in [-0.2, -0.15) is 11.8 Å². The molecule has 1 aromatic carbocycles. The smallest absolute Gasteiger partial charge is 0.121 e. The van der Waals surface area contributed by atoms with Crippen LogP contribution in [0.2, 0.25) is 0 Å². The van der Waals surface area contributed by atoms with Gasteiger partial charge in [-0.25, -0.2) is 0 Å². The van der Waals surface area contributed by atoms with Gasteiger partial charge in [0.2, 0.25) is 0 Å². The maximum atomic E-state index is 5.38. The van der Waals surface area contributed by atoms with Gasteiger partial charge in [-0.1, -0.05) is 19.9 Å². The molecule has 5 heteroatoms. The average Bonchev–Trinajstić information content (AvgIpc) is 2.60. The Morgan fingerprint density at radius 2 is 2.04 bits per heavy atom. The molecule has 0 aliphatic rings. The van der Waals surface area contributed by atoms with Crippen molar-refractivity contribution in [2.45, 2.75) is 13.8 Å². The number of hydrogen-bond donors (Lipinski definition) is 1. The lowest BCUT2D eigenvalue weighted by Gasteiger charge is -2.17. The quantitative estimate of drug-likeness (QED) is 0.671. The first-order valence-electron chi connectivity index (χ1n) is 8.25. The number of ether oxygens (including phenoxy) is 1. The largest absolute Gasteiger partial charge is 0.497 e. The van der Waals surface area contributed by atoms with E-state index in [0.29, 0.717) is 0 Å². The van der Waals surface area contributed by atoms with Crippen molar-refractivity contribution in [3.63, 3.8) is 0 Å². The first-order chi connectivity index (χ1) is 11.3. The van der Waals surface area contributed by atoms with Gasteiger partial charge in [-0.05, 0) is 25.2 Å². The monoisotopic (exact) mass is 333 g/mol. The summed E-state index contributed by atoms with van der Waals surface area (Å²) in [6.07, 6.45) is 1.83. The van der Waals surface area contributed by atoms with Crippen LogP contribution in [0.1, 0.15) is 13.8 Å². The fourth-order valence-electron chi connectivity index (χ4n) is 2.51. The van der Waals surface area contributed by atoms with Crippen molar-refractivity contribution in [2.75, 3.05) is 50.1 Å². The highest BCUT2D eigenvalue weighted by molar-refractivity contribution is 7.99. The molecule has 0 fully saturated rings. The molecule has 0 spiro atoms. The Hall–Kier alpha value is -1.46. The molecular weight excluding hydrogens is 306 g/mol. The van der Waals surface area contributed by atoms with Crippen molar-refractivity contribution >= 4 is 28.4 Å². The molecule has 126 valence electrons. The molecule has 1 heterocycles. The van der Waals surface area contributed by atoms with Crippen LogP contribution in [0, 0.1) is 0 Å². The Labute approximate surface area is 143 Å². The predicted octanol–water partition coefficient (Wildman–Crippen LogP) is 3.73. The van der Waals surface area contributed by atoms with Crippen LogP contribution in [0.15, 0.2) is 30.5 Å². The van der Waals surface area contributed by atoms with Crippen molar-refractivity contribution < 1.29 is 4.74 Å². The third-order valence-corrected chi connectivity index (χ3v) is 4.89. The van der Waals surface area contributed by atoms with E-state index in [4.69, 9.17) is 4.74 Å². The summed E-state index contributed by atoms with van der Waals surface area (Å²) in [6, 6.07) is 8.06. The Balaban J connectivity index is 1.85. The van der Waals surface area contributed by atoms with Crippen LogP contribution in [-0.2, 0) is 0 Å². The highest BCUT2D eigenvalue weighted by Gasteiger charge is 2.05. The maximum absolute atomic E-state index is 5.38. The third-order valence-electron chi connectivity index (χ3n) is 3.92. The van der Waals surface area contributed by atoms with Crippen LogP contribution in [0.25, 0.3) is 10.9 Å². The number of thioether (sulfide) groups is 1. The fourth-order valence-corrected chi connectivity index (χ4v) is 3.35. The number of fused-ring (bicyclic) bond motifs is 1. The minimum atomic E-state index is 0.863. The van der Waals surface area contributed by atoms with Crippen LogP contribution < -0.4 is 10.1 Å². The van der Waals surface area contributed by atoms with Crippen molar-refractivity contribution in [1.82, 2.24) is 9.88 Å². The van der Waals surface area contributed by atoms with Gasteiger partial charge < -0.3 is 15.0 Å². The highest BCUT2D eigenvalue weighted by atomic mass is 32.2. The second kappa shape index (κ2) is 9.63. The number of benzene rings is 1. The van der Waals surface area contributed by atoms with E-state index in [1.54, 1.807) is 7.11 Å². The minimum absolute atomic E-state index is 0.863. The summed E-state index contributed by atoms with van der Waals surface area (Å²) in [7, 11) is 1.70. The lowest BCUT2D eigenvalue weighted by Crippen LogP contribution is -2.25. The van der Waals surface area contributed by atoms with Gasteiger partial charge in [0.25, 0.3) is 0 Å². The number of aromatic nitrogens is 1. The molecular formula is C18H27N3OS. The normalized spacial score (nSPS) is 11.1. The van der Waals surface area contributed by atoms with Crippen LogP contribution in [-0.4, -0.2) is 54.7 Å². The van der Waals surface area contributed by atoms with Crippen molar-refractivity contribution in [3.05, 3.63) is 30.5 Å². The first kappa shape index (κ1) is 17.9. The van der Waals surface area contributed by atoms with Gasteiger partial charge in [0.1, 0.15) is 5.75 Å². The molecule has 0 saturated carbocycles. The molecule has 4 nitrogen and oxygen atoms in total. The molecule has 0 saturated heterocycles. The molecule has 0 amide bonds. The Bertz CT molecular complexity index is 602. The van der Waals surface area contributed by atoms with E-state index in [1.165, 1.54) is 12.3 Å². The van der Waals surface area contributed by atoms with Gasteiger partial charge >= 0.3 is 0 Å². The zero-order chi connectivity index (χ0) is 16.5. The van der Waals surface area contributed by atoms with Crippen molar-refractivity contribution in [3.8, 4) is 5.75 Å². The van der Waals surface area contributed by atoms with Gasteiger partial charge in [0.15, 0.2) is 0 Å². The zero-order valence-corrected chi connectivity index (χ0v) is 15.2. The zero-order valence-electron chi connectivity index (χ0n) is 14.3. The van der Waals surface area contributed by atoms with E-state index < -0.39 is 0 Å². The summed E-state index contributed by atoms with van der Waals surface area (Å²) in [5, 5.41) is 4.60. The molecule has 0 aliphatic heterocycles. The van der Waals surface area contributed by atoms with Crippen LogP contribution in [0.5, 0.6) is 5.75 Å². The van der Waals surface area contributed by atoms with E-state index in [1.807, 2.05) is 36.2 Å². The maximum Gasteiger partial charge on any atom is 0.121 e. The minimum Gasteiger partial charge on any atom is -0.497 e. The van der Waals surface area contributed by atoms with E-state index in [-0.39, 0.29) is 0 Å². The van der Waals surface area contributed by atoms with E-state index >= 15 is 0 Å². The molecule has 1 N–H and O–H groups in total. The van der Waals surface area contributed by atoms with Crippen molar-refractivity contribution in [1.29, 1.82) is 0 Å². The molecule has 0 aliphatic carbocycles. The fraction of sp³-hybridized carbons (Fsp3) is 0.500. The van der Waals surface area contributed by atoms with Crippen LogP contribution in [0.3, 0.4) is 0 Å². The van der Waals surface area contributed by atoms with Gasteiger partial charge in [0.05, 0.1) is 18.3 Å². The summed E-state index contributed by atoms with van der Waals surface area (Å²) < 4.78 is 5.38. The molecule has 23 heavy (non-hydrogen) atoms. The molecule has 2 aromatic rings. The second-order valence-electron chi connectivity index (χ2n) is 5.32. The number of methoxy groups -OCH3 is 1. The average molecular weight is 334 g/mol. The number of nitrogens with one attached hydrogen (secondary N) is 1. The lowest BCUT2D eigenvalue weighted by molar-refractivity contribution is 0.324. The Kier molecular flexibility index (Phi) is 7.49. The number of hydrogen-bond acceptors (Lipinski definition) is 5. The first-order valence-corrected chi connectivity index (χ1v) is 9.40. The number of nitrogens with zero attached hydrogens (tertiary/aromatic N) is 2. The van der Waals surface area contributed by atoms with Gasteiger partial charge in [0, 0.05) is 42.2 Å². The molecule has 0 bridgehead atoms. The standard InChI is InChI=1S/C18H27N3OS/c1-4-21(5-2)10-12-23-11-9-19-17-14-16(22-3)13-15-7-6-8-20-18(15)17/h6-8,13-14,19H,4-5,9-12H2,1-3H3. The molecule has 0 unspecified atom stereocenters. The van der Waals surface area contributed by atoms with Crippen molar-refractivity contribution in [2.24, 2.45) is 0 Å². The predicted molar refractivity (Wildman–Crippen MR) is 102 cm³/mol. The third kappa shape index (κ3) is 5.29. The van der Waals surface area contributed by atoms with E-state index in [2.05, 4.69) is 35.1 Å². The highest BCUT2D eigenvalue weighted by Crippen LogP contribution is 2.27. The Morgan fingerprint density at radius 3 is 2.78 bits per heavy atom. The number of pyridine rings is 1. The van der Waals surface area contributed by atoms with Gasteiger partial charge in [-0.3, -0.25) is 4.98 Å². The topological polar surface area (TPSA) is 37.4 Å². The molecule has 0 radical (unpaired) electrons. The lowest BCUT2D eigenvalue weighted by atomic mass is 10.2. The summed E-state index contributed by atoms with van der Waals surface area (Å²) in [6.45, 7) is 8.81. The molecule has 1 aromatic heterocycles. The summed E-state index contributed by atoms with van der Waals surface area (Å²) >= 11 is 1.99. The summed E-state index contributed by atoms with van der Waals surface area (Å²) in [4.78, 5) is 6.94. The second-order valence-corrected chi connectivity index (χ2v) is 6.54. The van der Waals surface area contributed by atoms with Crippen LogP contribution in [0.4, 0.5) is 5.69 Å². The summed E-state index contributed by atoms with van der Waals surface area (Å²) in [5.41, 5.74) is 2.05. The van der Waals surface area contributed by atoms with Gasteiger partial charge in [-0.15, -0.1) is 0 Å². The van der Waals surface area contributed by atoms with E-state index in [9.17, 15) is 0 Å². The number of rotatable bonds is 10. The number of anilines is 1. The summed E-state index contributed by atoms with van der Waals surface area (Å²) in [5.74, 6) is 3.13. The van der Waals surface area contributed by atoms with E-state index in [0.717, 1.165) is 47.7 Å². The Morgan fingerprint density at radius 1 is 1.22 bits per heavy atom. The molecule has 0 atom stereocenters. The van der Waals surface area contributed by atoms with Crippen LogP contribution >= 0.6 is 11.8 Å².